The minimum Gasteiger partial charge on any atom is -1.00 e. The minimum absolute atomic E-state index is 0. The molecule has 1 aliphatic heterocycles. The average molecular weight is 263 g/mol. The first-order valence-electron chi connectivity index (χ1n) is 2.99. The van der Waals surface area contributed by atoms with E-state index in [1.165, 1.54) is 6.21 Å². The predicted octanol–water partition coefficient (Wildman–Crippen LogP) is -2.30. The van der Waals surface area contributed by atoms with E-state index in [9.17, 15) is 0 Å². The van der Waals surface area contributed by atoms with Gasteiger partial charge in [-0.05, 0) is 6.08 Å². The van der Waals surface area contributed by atoms with E-state index in [0.717, 1.165) is 5.70 Å². The van der Waals surface area contributed by atoms with Gasteiger partial charge in [-0.15, -0.1) is 5.16 Å². The van der Waals surface area contributed by atoms with Gasteiger partial charge in [-0.3, -0.25) is 0 Å². The number of nitrogens with zero attached hydrogens (tertiary/aromatic N) is 2. The van der Waals surface area contributed by atoms with Crippen LogP contribution >= 0.6 is 0 Å². The molecule has 0 aromatic carbocycles. The lowest BCUT2D eigenvalue weighted by molar-refractivity contribution is -0.00000293. The molecule has 0 spiro atoms. The second kappa shape index (κ2) is 6.09. The summed E-state index contributed by atoms with van der Waals surface area (Å²) >= 11 is 0. The predicted molar refractivity (Wildman–Crippen MR) is 40.3 cm³/mol. The molecule has 59 valence electrons. The largest absolute Gasteiger partial charge is 1.00 e. The summed E-state index contributed by atoms with van der Waals surface area (Å²) in [5.74, 6) is 0. The Morgan fingerprint density at radius 2 is 2.36 bits per heavy atom. The molecular weight excluding hydrogens is 255 g/mol. The standard InChI is InChI=1S/C7H8N2O.HI/c10-9-6-4-7-3-1-2-5-8-7;/h1-3,5-6,10H,4H2;1H/q+1;/p-1. The summed E-state index contributed by atoms with van der Waals surface area (Å²) in [6.07, 6.45) is 9.31. The van der Waals surface area contributed by atoms with Crippen LogP contribution in [0.25, 0.3) is 0 Å². The zero-order valence-corrected chi connectivity index (χ0v) is 7.97. The maximum Gasteiger partial charge on any atom is 0.259 e. The molecule has 0 fully saturated rings. The minimum atomic E-state index is 0. The maximum atomic E-state index is 8.07. The van der Waals surface area contributed by atoms with Crippen molar-refractivity contribution >= 4 is 12.4 Å². The molecule has 0 bridgehead atoms. The summed E-state index contributed by atoms with van der Waals surface area (Å²) in [5, 5.41) is 10.9. The number of allylic oxidation sites excluding steroid dienone is 4. The van der Waals surface area contributed by atoms with Crippen LogP contribution in [0.2, 0.25) is 0 Å². The Morgan fingerprint density at radius 1 is 1.55 bits per heavy atom. The highest BCUT2D eigenvalue weighted by molar-refractivity contribution is 5.74. The Labute approximate surface area is 82.2 Å². The Kier molecular flexibility index (Phi) is 5.73. The SMILES string of the molecule is ON=CCC1=CC=CC=[N+]1.[I-]. The van der Waals surface area contributed by atoms with Gasteiger partial charge >= 0.3 is 0 Å². The molecule has 1 N–H and O–H groups in total. The van der Waals surface area contributed by atoms with Crippen LogP contribution in [-0.4, -0.2) is 17.6 Å². The van der Waals surface area contributed by atoms with Crippen LogP contribution in [0.15, 0.2) is 29.1 Å². The van der Waals surface area contributed by atoms with Gasteiger partial charge in [0.25, 0.3) is 5.70 Å². The van der Waals surface area contributed by atoms with Crippen LogP contribution in [0.3, 0.4) is 0 Å². The smallest absolute Gasteiger partial charge is 0.259 e. The van der Waals surface area contributed by atoms with Gasteiger partial charge in [-0.1, -0.05) is 0 Å². The lowest BCUT2D eigenvalue weighted by Crippen LogP contribution is -3.00. The van der Waals surface area contributed by atoms with Gasteiger partial charge in [0.1, 0.15) is 0 Å². The van der Waals surface area contributed by atoms with Crippen molar-refractivity contribution in [1.82, 2.24) is 4.99 Å². The third-order valence-corrected chi connectivity index (χ3v) is 1.11. The fourth-order valence-electron chi connectivity index (χ4n) is 0.653. The van der Waals surface area contributed by atoms with Crippen molar-refractivity contribution in [3.8, 4) is 0 Å². The van der Waals surface area contributed by atoms with Crippen molar-refractivity contribution < 1.29 is 29.2 Å². The number of aliphatic imine (C=N–C) groups is 1. The summed E-state index contributed by atoms with van der Waals surface area (Å²) in [7, 11) is 0. The fraction of sp³-hybridized carbons (Fsp3) is 0.143. The molecule has 0 saturated heterocycles. The summed E-state index contributed by atoms with van der Waals surface area (Å²) in [6, 6.07) is 0. The second-order valence-corrected chi connectivity index (χ2v) is 1.82. The Hall–Kier alpha value is -0.650. The highest BCUT2D eigenvalue weighted by Crippen LogP contribution is 1.96. The number of rotatable bonds is 2. The van der Waals surface area contributed by atoms with E-state index < -0.39 is 0 Å². The average Bonchev–Trinajstić information content (AvgIpc) is 2.03. The van der Waals surface area contributed by atoms with Gasteiger partial charge in [-0.2, -0.15) is 0 Å². The molecule has 1 heterocycles. The second-order valence-electron chi connectivity index (χ2n) is 1.82. The topological polar surface area (TPSA) is 46.7 Å². The highest BCUT2D eigenvalue weighted by Gasteiger charge is 2.04. The van der Waals surface area contributed by atoms with E-state index in [1.54, 1.807) is 6.21 Å². The van der Waals surface area contributed by atoms with Gasteiger partial charge in [-0.25, -0.2) is 0 Å². The number of hydrogen-bond acceptors (Lipinski definition) is 3. The van der Waals surface area contributed by atoms with Crippen molar-refractivity contribution in [3.63, 3.8) is 0 Å². The molecule has 0 aliphatic carbocycles. The van der Waals surface area contributed by atoms with Crippen LogP contribution in [0.4, 0.5) is 0 Å². The van der Waals surface area contributed by atoms with Crippen LogP contribution in [0.5, 0.6) is 0 Å². The Bertz CT molecular complexity index is 218. The highest BCUT2D eigenvalue weighted by atomic mass is 127. The van der Waals surface area contributed by atoms with Gasteiger partial charge in [0.2, 0.25) is 6.21 Å². The molecule has 4 heteroatoms. The molecule has 11 heavy (non-hydrogen) atoms. The summed E-state index contributed by atoms with van der Waals surface area (Å²) in [4.78, 5) is 4.01. The molecule has 1 rings (SSSR count). The summed E-state index contributed by atoms with van der Waals surface area (Å²) < 4.78 is 0. The van der Waals surface area contributed by atoms with E-state index in [1.807, 2.05) is 18.2 Å². The van der Waals surface area contributed by atoms with E-state index in [-0.39, 0.29) is 24.0 Å². The van der Waals surface area contributed by atoms with E-state index in [4.69, 9.17) is 5.21 Å². The van der Waals surface area contributed by atoms with Crippen LogP contribution in [0.1, 0.15) is 6.42 Å². The maximum absolute atomic E-state index is 8.07. The first-order valence-corrected chi connectivity index (χ1v) is 2.99. The summed E-state index contributed by atoms with van der Waals surface area (Å²) in [6.45, 7) is 0. The van der Waals surface area contributed by atoms with Crippen LogP contribution in [0, 0.1) is 0 Å². The van der Waals surface area contributed by atoms with Crippen molar-refractivity contribution in [3.05, 3.63) is 23.9 Å². The van der Waals surface area contributed by atoms with Gasteiger partial charge in [0.15, 0.2) is 0 Å². The number of oxime groups is 1. The molecule has 0 amide bonds. The zero-order chi connectivity index (χ0) is 7.23. The molecule has 0 saturated carbocycles. The zero-order valence-electron chi connectivity index (χ0n) is 5.81. The molecule has 3 nitrogen and oxygen atoms in total. The lowest BCUT2D eigenvalue weighted by atomic mass is 10.3. The molecule has 1 aliphatic rings. The van der Waals surface area contributed by atoms with Crippen LogP contribution < -0.4 is 29.0 Å². The normalized spacial score (nSPS) is 14.7. The fourth-order valence-corrected chi connectivity index (χ4v) is 0.653. The molecule has 0 aromatic heterocycles. The molecular formula is C7H8IN2O. The van der Waals surface area contributed by atoms with Gasteiger partial charge in [0.05, 0.1) is 17.6 Å². The van der Waals surface area contributed by atoms with Crippen molar-refractivity contribution in [2.24, 2.45) is 5.16 Å². The van der Waals surface area contributed by atoms with Gasteiger partial charge in [0, 0.05) is 12.2 Å². The van der Waals surface area contributed by atoms with E-state index in [0.29, 0.717) is 6.42 Å². The van der Waals surface area contributed by atoms with Crippen LogP contribution in [-0.2, 0) is 0 Å². The first-order chi connectivity index (χ1) is 4.93. The first kappa shape index (κ1) is 10.3. The Balaban J connectivity index is 0.000001000. The van der Waals surface area contributed by atoms with Crippen molar-refractivity contribution in [2.75, 3.05) is 0 Å². The molecule has 1 radical (unpaired) electrons. The third-order valence-electron chi connectivity index (χ3n) is 1.11. The van der Waals surface area contributed by atoms with Gasteiger partial charge < -0.3 is 29.2 Å². The monoisotopic (exact) mass is 263 g/mol. The van der Waals surface area contributed by atoms with Crippen molar-refractivity contribution in [2.45, 2.75) is 6.42 Å². The molecule has 0 unspecified atom stereocenters. The number of hydrogen-bond donors (Lipinski definition) is 1. The Morgan fingerprint density at radius 3 is 2.91 bits per heavy atom. The molecule has 0 aromatic rings. The molecule has 0 atom stereocenters. The van der Waals surface area contributed by atoms with Crippen molar-refractivity contribution in [1.29, 1.82) is 0 Å². The third kappa shape index (κ3) is 3.92. The van der Waals surface area contributed by atoms with E-state index in [2.05, 4.69) is 10.1 Å². The number of halogens is 1. The lowest BCUT2D eigenvalue weighted by Gasteiger charge is -1.82. The summed E-state index contributed by atoms with van der Waals surface area (Å²) in [5.41, 5.74) is 0.903. The quantitative estimate of drug-likeness (QED) is 0.259. The van der Waals surface area contributed by atoms with E-state index >= 15 is 0 Å².